The molecule has 4 aliphatic heterocycles. The summed E-state index contributed by atoms with van der Waals surface area (Å²) in [5, 5.41) is 9.57. The van der Waals surface area contributed by atoms with E-state index in [0.29, 0.717) is 45.9 Å². The van der Waals surface area contributed by atoms with Crippen molar-refractivity contribution in [1.29, 1.82) is 0 Å². The molecule has 29 nitrogen and oxygen atoms in total. The largest absolute Gasteiger partial charge is 0.810 e. The van der Waals surface area contributed by atoms with Gasteiger partial charge in [0.05, 0.1) is 60.9 Å². The van der Waals surface area contributed by atoms with E-state index in [-0.39, 0.29) is 63.5 Å². The number of hydrogen-bond acceptors (Lipinski definition) is 19. The first kappa shape index (κ1) is 89.9. The Hall–Kier alpha value is -9.60. The lowest BCUT2D eigenvalue weighted by atomic mass is 9.86. The molecule has 0 aromatic heterocycles. The number of nitrogen functional groups attached to an aromatic ring is 1. The lowest BCUT2D eigenvalue weighted by Crippen LogP contribution is -2.17. The minimum Gasteiger partial charge on any atom is -0.810 e. The number of rotatable bonds is 12. The monoisotopic (exact) mass is 1750 g/mol. The molecule has 5 aliphatic rings. The smallest absolute Gasteiger partial charge is 0.424 e. The van der Waals surface area contributed by atoms with Crippen LogP contribution in [0.1, 0.15) is 146 Å². The highest BCUT2D eigenvalue weighted by Gasteiger charge is 2.30. The topological polar surface area (TPSA) is 483 Å². The summed E-state index contributed by atoms with van der Waals surface area (Å²) >= 11 is 5.80. The molecule has 8 aromatic rings. The molecule has 0 fully saturated rings. The molecule has 114 heavy (non-hydrogen) atoms. The van der Waals surface area contributed by atoms with Gasteiger partial charge in [0.1, 0.15) is 31.6 Å². The first-order valence-electron chi connectivity index (χ1n) is 33.4. The third-order valence-electron chi connectivity index (χ3n) is 16.7. The predicted molar refractivity (Wildman–Crippen MR) is 428 cm³/mol. The van der Waals surface area contributed by atoms with Gasteiger partial charge in [0, 0.05) is 40.6 Å². The fourth-order valence-corrected chi connectivity index (χ4v) is 16.6. The van der Waals surface area contributed by atoms with Gasteiger partial charge in [-0.1, -0.05) is 160 Å². The molecule has 10 N–H and O–H groups in total. The standard InChI is InChI=1S/C23H27O2Si.C16H20O6S2.C15H9O4Si.C8H6ClO2Si.C7H6O8S2.C6H7NO6S2/c1-22(2,3)18-11-7-16(8-12-18)20-15-21(25-26-24-20)17-9-13-19(14-10-17)23(4,5)6;1-9(2)11-5-7-13(23(17,18)19)16-14(24(20,21)22)8-6-12(10(3)4)15(11)16;16-10-6-12-15-13(7-10)18-20-19-14(15)8-11(17-12)9-4-2-1-3-5-9;1-5-7-3-2-6(9)4-8(7)11-12-10-5;8-7(9)4-1-5(16(10,11)12)3-6(2-4)17(13,14)15;7-5-3-4(14(8,9)10)1-2-6(5)15(11,12)13/h7-15H,1-6H3;5-10H,1-4H3,(H,17,18,19)(H,20,21,22);1-8,19H;2-4H,1H3;1-3H,(H,8,9)(H,10,11,12)(H,13,14,15);1-3H,7H2,(H,8,9,10)(H,11,12,13). The molecule has 0 unspecified atom stereocenters. The van der Waals surface area contributed by atoms with Crippen molar-refractivity contribution in [2.24, 2.45) is 0 Å². The van der Waals surface area contributed by atoms with E-state index < -0.39 is 107 Å². The van der Waals surface area contributed by atoms with Crippen LogP contribution in [0.2, 0.25) is 5.02 Å². The predicted octanol–water partition coefficient (Wildman–Crippen LogP) is 13.4. The van der Waals surface area contributed by atoms with Gasteiger partial charge in [0.2, 0.25) is 5.75 Å². The van der Waals surface area contributed by atoms with Crippen molar-refractivity contribution in [1.82, 2.24) is 0 Å². The molecule has 0 amide bonds. The van der Waals surface area contributed by atoms with Crippen LogP contribution in [0.3, 0.4) is 0 Å². The Kier molecular flexibility index (Phi) is 28.1. The maximum Gasteiger partial charge on any atom is 0.424 e. The van der Waals surface area contributed by atoms with Crippen LogP contribution in [0, 0.1) is 0 Å². The van der Waals surface area contributed by atoms with Gasteiger partial charge in [0.25, 0.3) is 72.3 Å². The zero-order chi connectivity index (χ0) is 84.8. The fourth-order valence-electron chi connectivity index (χ4n) is 11.0. The van der Waals surface area contributed by atoms with Crippen LogP contribution in [0.5, 0.6) is 17.2 Å². The number of halogens is 1. The minimum absolute atomic E-state index is 0.0166. The van der Waals surface area contributed by atoms with Crippen molar-refractivity contribution in [3.8, 4) is 39.9 Å². The molecule has 0 atom stereocenters. The molecule has 8 aromatic carbocycles. The highest BCUT2D eigenvalue weighted by atomic mass is 35.5. The van der Waals surface area contributed by atoms with Crippen LogP contribution in [0.15, 0.2) is 221 Å². The maximum absolute atomic E-state index is 11.8. The number of aromatic hydroxyl groups is 1. The second kappa shape index (κ2) is 35.6. The second-order valence-electron chi connectivity index (χ2n) is 27.7. The molecule has 1 aliphatic carbocycles. The first-order valence-corrected chi connectivity index (χ1v) is 44.9. The quantitative estimate of drug-likeness (QED) is 0.0244. The maximum atomic E-state index is 11.8. The number of nitrogens with two attached hydrogens (primary N) is 1. The average Bonchev–Trinajstić information content (AvgIpc) is 0.741. The van der Waals surface area contributed by atoms with Crippen LogP contribution in [-0.2, 0) is 76.0 Å². The number of carbonyl (C=O) groups is 1. The Morgan fingerprint density at radius 2 is 1.00 bits per heavy atom. The number of carboxylic acid groups (broad SMARTS) is 1. The van der Waals surface area contributed by atoms with E-state index in [1.807, 2.05) is 89.2 Å². The Morgan fingerprint density at radius 3 is 1.47 bits per heavy atom. The molecule has 0 saturated heterocycles. The summed E-state index contributed by atoms with van der Waals surface area (Å²) in [5.74, 6) is 4.36. The van der Waals surface area contributed by atoms with Gasteiger partial charge >= 0.3 is 36.0 Å². The number of anilines is 1. The molecule has 0 bridgehead atoms. The summed E-state index contributed by atoms with van der Waals surface area (Å²) in [6.45, 7) is 22.8. The minimum atomic E-state index is -4.78. The van der Waals surface area contributed by atoms with Crippen molar-refractivity contribution in [3.63, 3.8) is 0 Å². The number of carbonyl (C=O) groups excluding carboxylic acids is 2. The lowest BCUT2D eigenvalue weighted by Gasteiger charge is -2.28. The SMILES string of the molecule is CC(C)(C)c1ccc(C2=CC(c3ccc(C(C)(C)C)cc3)=[O+][Si-]O2)cc1.CC(C)c1ccc(S(=O)(=O)O)c2c(S(=O)(=O)O)ccc(C(C)C)c12.CC1=[O+][Si-]Oc2cc(Cl)ccc21.Nc1cc(S(=O)(=O)O)ccc1S(=O)(=O)O.O=C(O)c1cc(S(=O)(=O)O)cc(S(=O)(=O)O)c1.O=c1cc2oc(-c3ccccc3)cc3c-2c(c1)O[Si-][OH+]3. The van der Waals surface area contributed by atoms with Crippen molar-refractivity contribution in [3.05, 3.63) is 242 Å². The van der Waals surface area contributed by atoms with Gasteiger partial charge in [-0.3, -0.25) is 32.1 Å². The third-order valence-corrected chi connectivity index (χ3v) is 24.1. The zero-order valence-corrected chi connectivity index (χ0v) is 70.8. The van der Waals surface area contributed by atoms with Crippen LogP contribution in [0.4, 0.5) is 5.69 Å². The van der Waals surface area contributed by atoms with E-state index in [1.54, 1.807) is 18.2 Å². The van der Waals surface area contributed by atoms with E-state index in [4.69, 9.17) is 66.6 Å². The molecular formula is C75H75ClNO28S6Si3. The normalized spacial score (nSPS) is 13.4. The molecule has 4 heterocycles. The summed E-state index contributed by atoms with van der Waals surface area (Å²) in [6.07, 6.45) is 1.99. The van der Waals surface area contributed by atoms with Crippen molar-refractivity contribution < 1.29 is 118 Å². The third kappa shape index (κ3) is 23.3. The highest BCUT2D eigenvalue weighted by molar-refractivity contribution is 7.87. The van der Waals surface area contributed by atoms with E-state index in [0.717, 1.165) is 86.0 Å². The van der Waals surface area contributed by atoms with Crippen LogP contribution >= 0.6 is 11.6 Å². The lowest BCUT2D eigenvalue weighted by molar-refractivity contribution is -0.102. The van der Waals surface area contributed by atoms with Crippen molar-refractivity contribution >= 4 is 142 Å². The molecule has 3 radical (unpaired) electrons. The van der Waals surface area contributed by atoms with Gasteiger partial charge in [-0.05, 0) is 129 Å². The van der Waals surface area contributed by atoms with E-state index in [1.165, 1.54) is 35.4 Å². The summed E-state index contributed by atoms with van der Waals surface area (Å²) in [5.41, 5.74) is 13.2. The number of hydrogen-bond donors (Lipinski definition) is 8. The number of allylic oxidation sites excluding steroid dienone is 1. The average molecular weight is 1750 g/mol. The first-order chi connectivity index (χ1) is 52.7. The number of ketones is 2. The second-order valence-corrected chi connectivity index (χ2v) is 38.3. The van der Waals surface area contributed by atoms with E-state index in [9.17, 15) is 69.2 Å². The van der Waals surface area contributed by atoms with Gasteiger partial charge in [-0.15, -0.1) is 0 Å². The van der Waals surface area contributed by atoms with E-state index in [2.05, 4.69) is 94.5 Å². The number of aromatic carboxylic acids is 1. The molecular weight excluding hydrogens is 1670 g/mol. The van der Waals surface area contributed by atoms with Crippen molar-refractivity contribution in [2.75, 3.05) is 5.73 Å². The summed E-state index contributed by atoms with van der Waals surface area (Å²) < 4.78 is 224. The highest BCUT2D eigenvalue weighted by Crippen LogP contribution is 2.45. The van der Waals surface area contributed by atoms with Gasteiger partial charge < -0.3 is 41.2 Å². The Labute approximate surface area is 670 Å². The van der Waals surface area contributed by atoms with Crippen molar-refractivity contribution in [2.45, 2.75) is 128 Å². The Bertz CT molecular complexity index is 6060. The Morgan fingerprint density at radius 1 is 0.500 bits per heavy atom. The molecule has 0 spiro atoms. The molecule has 0 saturated carbocycles. The van der Waals surface area contributed by atoms with Crippen LogP contribution in [-0.4, -0.2) is 135 Å². The van der Waals surface area contributed by atoms with E-state index >= 15 is 0 Å². The number of fused-ring (bicyclic) bond motifs is 2. The Balaban J connectivity index is 0.000000174. The molecule has 13 rings (SSSR count). The number of carboxylic acids is 1. The summed E-state index contributed by atoms with van der Waals surface area (Å²) in [6, 6.07) is 46.7. The van der Waals surface area contributed by atoms with Crippen LogP contribution < -0.4 is 20.0 Å². The van der Waals surface area contributed by atoms with Gasteiger partial charge in [-0.25, -0.2) is 4.79 Å². The van der Waals surface area contributed by atoms with Gasteiger partial charge in [0.15, 0.2) is 11.2 Å². The van der Waals surface area contributed by atoms with Crippen LogP contribution in [0.25, 0.3) is 39.2 Å². The number of benzene rings is 9. The summed E-state index contributed by atoms with van der Waals surface area (Å²) in [7, 11) is -27.8. The van der Waals surface area contributed by atoms with Gasteiger partial charge in [-0.2, -0.15) is 50.5 Å². The summed E-state index contributed by atoms with van der Waals surface area (Å²) in [4.78, 5) is 18.2. The zero-order valence-electron chi connectivity index (χ0n) is 62.1. The fraction of sp³-hybridized carbons (Fsp3) is 0.200. The molecule has 603 valence electrons. The molecule has 39 heteroatoms.